The van der Waals surface area contributed by atoms with Gasteiger partial charge in [-0.3, -0.25) is 0 Å². The van der Waals surface area contributed by atoms with Crippen molar-refractivity contribution >= 4 is 10.8 Å². The highest BCUT2D eigenvalue weighted by molar-refractivity contribution is 5.87. The molecule has 0 radical (unpaired) electrons. The lowest BCUT2D eigenvalue weighted by molar-refractivity contribution is 0.481. The van der Waals surface area contributed by atoms with Crippen LogP contribution in [0.4, 0.5) is 0 Å². The first-order chi connectivity index (χ1) is 10.4. The van der Waals surface area contributed by atoms with Crippen molar-refractivity contribution in [3.63, 3.8) is 0 Å². The van der Waals surface area contributed by atoms with Gasteiger partial charge in [0, 0.05) is 30.2 Å². The number of hydrogen-bond acceptors (Lipinski definition) is 3. The van der Waals surface area contributed by atoms with Gasteiger partial charge in [-0.15, -0.1) is 0 Å². The van der Waals surface area contributed by atoms with Crippen LogP contribution >= 0.6 is 0 Å². The number of hydrogen-bond donors (Lipinski definition) is 3. The summed E-state index contributed by atoms with van der Waals surface area (Å²) in [7, 11) is 0. The van der Waals surface area contributed by atoms with E-state index in [-0.39, 0.29) is 0 Å². The summed E-state index contributed by atoms with van der Waals surface area (Å²) in [6.45, 7) is 0. The van der Waals surface area contributed by atoms with Crippen molar-refractivity contribution in [2.45, 2.75) is 0 Å². The summed E-state index contributed by atoms with van der Waals surface area (Å²) in [5, 5.41) is 11.4. The van der Waals surface area contributed by atoms with Gasteiger partial charge in [-0.2, -0.15) is 0 Å². The predicted molar refractivity (Wildman–Crippen MR) is 82.8 cm³/mol. The molecule has 2 aromatic carbocycles. The van der Waals surface area contributed by atoms with E-state index in [2.05, 4.69) is 19.9 Å². The van der Waals surface area contributed by atoms with Crippen LogP contribution in [0.5, 0.6) is 5.75 Å². The van der Waals surface area contributed by atoms with Crippen LogP contribution < -0.4 is 0 Å². The fraction of sp³-hybridized carbons (Fsp3) is 0. The Balaban J connectivity index is 0.000000134. The minimum absolute atomic E-state index is 0.350. The largest absolute Gasteiger partial charge is 0.507 e. The lowest BCUT2D eigenvalue weighted by Crippen LogP contribution is -1.70. The molecule has 0 aliphatic carbocycles. The maximum atomic E-state index is 9.37. The molecule has 3 N–H and O–H groups in total. The fourth-order valence-corrected chi connectivity index (χ4v) is 1.64. The van der Waals surface area contributed by atoms with E-state index in [0.29, 0.717) is 5.75 Å². The van der Waals surface area contributed by atoms with Gasteiger partial charge in [0.15, 0.2) is 0 Å². The fourth-order valence-electron chi connectivity index (χ4n) is 1.64. The molecule has 0 spiro atoms. The van der Waals surface area contributed by atoms with Gasteiger partial charge < -0.3 is 15.1 Å². The molecule has 0 saturated carbocycles. The molecule has 2 aromatic heterocycles. The van der Waals surface area contributed by atoms with Crippen LogP contribution in [0.1, 0.15) is 0 Å². The van der Waals surface area contributed by atoms with Crippen molar-refractivity contribution < 1.29 is 5.11 Å². The Morgan fingerprint density at radius 2 is 1.38 bits per heavy atom. The average molecular weight is 280 g/mol. The summed E-state index contributed by atoms with van der Waals surface area (Å²) in [5.41, 5.74) is 0. The van der Waals surface area contributed by atoms with E-state index in [0.717, 1.165) is 10.8 Å². The van der Waals surface area contributed by atoms with Crippen LogP contribution in [0.25, 0.3) is 10.8 Å². The first-order valence-electron chi connectivity index (χ1n) is 6.40. The number of aromatic amines is 2. The van der Waals surface area contributed by atoms with Crippen LogP contribution in [0.15, 0.2) is 79.9 Å². The van der Waals surface area contributed by atoms with Gasteiger partial charge in [0.05, 0.1) is 12.7 Å². The summed E-state index contributed by atoms with van der Waals surface area (Å²) in [4.78, 5) is 12.8. The molecule has 0 amide bonds. The van der Waals surface area contributed by atoms with Crippen LogP contribution in [-0.4, -0.2) is 25.0 Å². The smallest absolute Gasteiger partial charge is 0.123 e. The molecule has 5 nitrogen and oxygen atoms in total. The van der Waals surface area contributed by atoms with Gasteiger partial charge in [-0.25, -0.2) is 9.97 Å². The van der Waals surface area contributed by atoms with E-state index in [9.17, 15) is 5.11 Å². The van der Waals surface area contributed by atoms with E-state index < -0.39 is 0 Å². The average Bonchev–Trinajstić information content (AvgIpc) is 3.26. The van der Waals surface area contributed by atoms with Crippen LogP contribution in [-0.2, 0) is 0 Å². The number of aromatic hydroxyl groups is 1. The normalized spacial score (nSPS) is 9.14. The van der Waals surface area contributed by atoms with Gasteiger partial charge in [0.25, 0.3) is 0 Å². The minimum Gasteiger partial charge on any atom is -0.507 e. The third-order valence-corrected chi connectivity index (χ3v) is 2.58. The number of phenolic OH excluding ortho intramolecular Hbond substituents is 1. The molecule has 0 atom stereocenters. The zero-order valence-electron chi connectivity index (χ0n) is 11.3. The Morgan fingerprint density at radius 3 is 1.86 bits per heavy atom. The number of nitrogens with zero attached hydrogens (tertiary/aromatic N) is 2. The highest BCUT2D eigenvalue weighted by Crippen LogP contribution is 2.22. The highest BCUT2D eigenvalue weighted by Gasteiger charge is 1.94. The number of H-pyrrole nitrogens is 2. The Bertz CT molecular complexity index is 655. The van der Waals surface area contributed by atoms with Crippen molar-refractivity contribution in [2.75, 3.05) is 0 Å². The molecule has 2 heterocycles. The summed E-state index contributed by atoms with van der Waals surface area (Å²) >= 11 is 0. The standard InChI is InChI=1S/C10H8O.2C3H4N2/c11-10-7-3-5-8-4-1-2-6-9(8)10;2*1-2-5-3-4-1/h1-7,11H;2*1-3H,(H,4,5). The monoisotopic (exact) mass is 280 g/mol. The molecule has 0 unspecified atom stereocenters. The van der Waals surface area contributed by atoms with Crippen molar-refractivity contribution in [2.24, 2.45) is 0 Å². The third kappa shape index (κ3) is 4.83. The molecule has 0 aliphatic heterocycles. The molecule has 0 fully saturated rings. The molecule has 4 rings (SSSR count). The molecule has 5 heteroatoms. The maximum absolute atomic E-state index is 9.37. The van der Waals surface area contributed by atoms with E-state index in [4.69, 9.17) is 0 Å². The number of rotatable bonds is 0. The van der Waals surface area contributed by atoms with Gasteiger partial charge in [0.1, 0.15) is 5.75 Å². The van der Waals surface area contributed by atoms with E-state index in [1.165, 1.54) is 0 Å². The topological polar surface area (TPSA) is 77.6 Å². The molecular formula is C16H16N4O. The summed E-state index contributed by atoms with van der Waals surface area (Å²) in [6, 6.07) is 13.3. The van der Waals surface area contributed by atoms with Gasteiger partial charge in [-0.05, 0) is 11.5 Å². The molecular weight excluding hydrogens is 264 g/mol. The number of imidazole rings is 2. The van der Waals surface area contributed by atoms with Gasteiger partial charge in [0.2, 0.25) is 0 Å². The molecule has 106 valence electrons. The number of fused-ring (bicyclic) bond motifs is 1. The molecule has 21 heavy (non-hydrogen) atoms. The van der Waals surface area contributed by atoms with Crippen LogP contribution in [0, 0.1) is 0 Å². The number of phenols is 1. The Morgan fingerprint density at radius 1 is 0.762 bits per heavy atom. The highest BCUT2D eigenvalue weighted by atomic mass is 16.3. The summed E-state index contributed by atoms with van der Waals surface area (Å²) in [6.07, 6.45) is 10.2. The number of benzene rings is 2. The first kappa shape index (κ1) is 14.3. The van der Waals surface area contributed by atoms with E-state index >= 15 is 0 Å². The van der Waals surface area contributed by atoms with Crippen molar-refractivity contribution in [3.05, 3.63) is 79.9 Å². The Hall–Kier alpha value is -3.08. The van der Waals surface area contributed by atoms with Crippen LogP contribution in [0.2, 0.25) is 0 Å². The molecule has 0 saturated heterocycles. The second-order valence-corrected chi connectivity index (χ2v) is 4.02. The molecule has 0 bridgehead atoms. The molecule has 0 aliphatic rings. The zero-order valence-corrected chi connectivity index (χ0v) is 11.3. The Labute approximate surface area is 122 Å². The van der Waals surface area contributed by atoms with Crippen molar-refractivity contribution in [3.8, 4) is 5.75 Å². The third-order valence-electron chi connectivity index (χ3n) is 2.58. The zero-order chi connectivity index (χ0) is 14.8. The maximum Gasteiger partial charge on any atom is 0.123 e. The van der Waals surface area contributed by atoms with Gasteiger partial charge in [-0.1, -0.05) is 36.4 Å². The summed E-state index contributed by atoms with van der Waals surface area (Å²) < 4.78 is 0. The second-order valence-electron chi connectivity index (χ2n) is 4.02. The van der Waals surface area contributed by atoms with Crippen LogP contribution in [0.3, 0.4) is 0 Å². The van der Waals surface area contributed by atoms with Crippen molar-refractivity contribution in [1.29, 1.82) is 0 Å². The first-order valence-corrected chi connectivity index (χ1v) is 6.40. The second kappa shape index (κ2) is 8.16. The lowest BCUT2D eigenvalue weighted by Gasteiger charge is -1.97. The Kier molecular flexibility index (Phi) is 5.57. The summed E-state index contributed by atoms with van der Waals surface area (Å²) in [5.74, 6) is 0.350. The minimum atomic E-state index is 0.350. The molecule has 4 aromatic rings. The van der Waals surface area contributed by atoms with Crippen molar-refractivity contribution in [1.82, 2.24) is 19.9 Å². The predicted octanol–water partition coefficient (Wildman–Crippen LogP) is 3.36. The number of nitrogens with one attached hydrogen (secondary N) is 2. The quantitative estimate of drug-likeness (QED) is 0.462. The van der Waals surface area contributed by atoms with E-state index in [1.807, 2.05) is 36.4 Å². The SMILES string of the molecule is Oc1cccc2ccccc12.c1c[nH]cn1.c1c[nH]cn1. The van der Waals surface area contributed by atoms with Gasteiger partial charge >= 0.3 is 0 Å². The van der Waals surface area contributed by atoms with E-state index in [1.54, 1.807) is 43.5 Å². The number of aromatic nitrogens is 4. The lowest BCUT2D eigenvalue weighted by atomic mass is 10.1.